The molecule has 4 heteroatoms. The van der Waals surface area contributed by atoms with Crippen LogP contribution in [0.15, 0.2) is 36.7 Å². The van der Waals surface area contributed by atoms with E-state index in [2.05, 4.69) is 29.1 Å². The Balaban J connectivity index is 2.10. The first-order valence-electron chi connectivity index (χ1n) is 6.12. The number of nitrogens with two attached hydrogens (primary N) is 1. The van der Waals surface area contributed by atoms with E-state index in [0.29, 0.717) is 0 Å². The van der Waals surface area contributed by atoms with Crippen molar-refractivity contribution in [3.05, 3.63) is 47.9 Å². The van der Waals surface area contributed by atoms with E-state index in [-0.39, 0.29) is 6.04 Å². The summed E-state index contributed by atoms with van der Waals surface area (Å²) in [6, 6.07) is 10.0. The minimum Gasteiger partial charge on any atom is -0.399 e. The lowest BCUT2D eigenvalue weighted by molar-refractivity contribution is 0.867. The molecule has 2 aromatic rings. The molecule has 1 aromatic carbocycles. The van der Waals surface area contributed by atoms with E-state index < -0.39 is 0 Å². The maximum absolute atomic E-state index is 5.68. The molecule has 4 nitrogen and oxygen atoms in total. The second-order valence-corrected chi connectivity index (χ2v) is 4.28. The lowest BCUT2D eigenvalue weighted by Crippen LogP contribution is -2.08. The van der Waals surface area contributed by atoms with Crippen LogP contribution in [0.25, 0.3) is 0 Å². The highest BCUT2D eigenvalue weighted by atomic mass is 15.0. The van der Waals surface area contributed by atoms with Crippen LogP contribution in [-0.2, 0) is 6.42 Å². The molecule has 1 unspecified atom stereocenters. The van der Waals surface area contributed by atoms with Gasteiger partial charge in [0, 0.05) is 23.5 Å². The minimum atomic E-state index is 0.185. The van der Waals surface area contributed by atoms with Crippen LogP contribution in [0.4, 0.5) is 11.5 Å². The van der Waals surface area contributed by atoms with Crippen molar-refractivity contribution >= 4 is 11.5 Å². The first-order valence-corrected chi connectivity index (χ1v) is 6.12. The summed E-state index contributed by atoms with van der Waals surface area (Å²) in [5.41, 5.74) is 8.68. The number of hydrogen-bond acceptors (Lipinski definition) is 4. The number of benzene rings is 1. The number of anilines is 2. The summed E-state index contributed by atoms with van der Waals surface area (Å²) in [4.78, 5) is 8.41. The maximum atomic E-state index is 5.68. The minimum absolute atomic E-state index is 0.185. The van der Waals surface area contributed by atoms with Gasteiger partial charge in [0.15, 0.2) is 0 Å². The second kappa shape index (κ2) is 5.49. The Hall–Kier alpha value is -2.10. The number of nitrogen functional groups attached to an aromatic ring is 1. The molecule has 1 atom stereocenters. The number of aromatic nitrogens is 2. The Morgan fingerprint density at radius 3 is 2.61 bits per heavy atom. The van der Waals surface area contributed by atoms with E-state index in [0.717, 1.165) is 23.6 Å². The molecule has 0 aliphatic heterocycles. The molecule has 3 N–H and O–H groups in total. The van der Waals surface area contributed by atoms with Gasteiger partial charge in [0.2, 0.25) is 0 Å². The SMILES string of the molecule is CCc1cc(NC(C)c2ccc(N)cc2)ncn1. The smallest absolute Gasteiger partial charge is 0.130 e. The van der Waals surface area contributed by atoms with E-state index in [1.807, 2.05) is 30.3 Å². The normalized spacial score (nSPS) is 12.1. The van der Waals surface area contributed by atoms with Crippen LogP contribution in [0.1, 0.15) is 31.1 Å². The largest absolute Gasteiger partial charge is 0.399 e. The molecule has 0 amide bonds. The van der Waals surface area contributed by atoms with Gasteiger partial charge < -0.3 is 11.1 Å². The molecule has 1 heterocycles. The molecule has 0 saturated heterocycles. The van der Waals surface area contributed by atoms with Gasteiger partial charge in [-0.25, -0.2) is 9.97 Å². The van der Waals surface area contributed by atoms with Crippen LogP contribution < -0.4 is 11.1 Å². The highest BCUT2D eigenvalue weighted by molar-refractivity contribution is 5.43. The molecule has 0 bridgehead atoms. The van der Waals surface area contributed by atoms with Gasteiger partial charge in [0.05, 0.1) is 0 Å². The van der Waals surface area contributed by atoms with E-state index in [9.17, 15) is 0 Å². The van der Waals surface area contributed by atoms with Gasteiger partial charge in [-0.15, -0.1) is 0 Å². The zero-order valence-electron chi connectivity index (χ0n) is 10.7. The molecule has 0 fully saturated rings. The summed E-state index contributed by atoms with van der Waals surface area (Å²) in [5, 5.41) is 3.36. The molecular formula is C14H18N4. The summed E-state index contributed by atoms with van der Waals surface area (Å²) in [6.45, 7) is 4.18. The predicted molar refractivity (Wildman–Crippen MR) is 74.3 cm³/mol. The third kappa shape index (κ3) is 2.97. The van der Waals surface area contributed by atoms with Crippen molar-refractivity contribution in [2.24, 2.45) is 0 Å². The topological polar surface area (TPSA) is 63.8 Å². The number of nitrogens with one attached hydrogen (secondary N) is 1. The predicted octanol–water partition coefficient (Wildman–Crippen LogP) is 2.79. The lowest BCUT2D eigenvalue weighted by atomic mass is 10.1. The Kier molecular flexibility index (Phi) is 3.77. The molecule has 1 aromatic heterocycles. The van der Waals surface area contributed by atoms with Gasteiger partial charge >= 0.3 is 0 Å². The van der Waals surface area contributed by atoms with Gasteiger partial charge in [-0.3, -0.25) is 0 Å². The molecule has 2 rings (SSSR count). The van der Waals surface area contributed by atoms with E-state index in [1.54, 1.807) is 6.33 Å². The van der Waals surface area contributed by atoms with E-state index >= 15 is 0 Å². The van der Waals surface area contributed by atoms with Crippen molar-refractivity contribution in [1.82, 2.24) is 9.97 Å². The van der Waals surface area contributed by atoms with Crippen LogP contribution in [0.5, 0.6) is 0 Å². The Morgan fingerprint density at radius 2 is 1.94 bits per heavy atom. The summed E-state index contributed by atoms with van der Waals surface area (Å²) >= 11 is 0. The van der Waals surface area contributed by atoms with Crippen LogP contribution in [0, 0.1) is 0 Å². The monoisotopic (exact) mass is 242 g/mol. The average molecular weight is 242 g/mol. The van der Waals surface area contributed by atoms with Crippen LogP contribution >= 0.6 is 0 Å². The molecule has 0 radical (unpaired) electrons. The summed E-state index contributed by atoms with van der Waals surface area (Å²) < 4.78 is 0. The number of aryl methyl sites for hydroxylation is 1. The van der Waals surface area contributed by atoms with Gasteiger partial charge in [0.25, 0.3) is 0 Å². The van der Waals surface area contributed by atoms with Gasteiger partial charge in [-0.1, -0.05) is 19.1 Å². The standard InChI is InChI=1S/C14H18N4/c1-3-13-8-14(17-9-16-13)18-10(2)11-4-6-12(15)7-5-11/h4-10H,3,15H2,1-2H3,(H,16,17,18). The summed E-state index contributed by atoms with van der Waals surface area (Å²) in [6.07, 6.45) is 2.50. The zero-order chi connectivity index (χ0) is 13.0. The van der Waals surface area contributed by atoms with Crippen molar-refractivity contribution in [2.75, 3.05) is 11.1 Å². The fraction of sp³-hybridized carbons (Fsp3) is 0.286. The highest BCUT2D eigenvalue weighted by Crippen LogP contribution is 2.19. The van der Waals surface area contributed by atoms with Crippen LogP contribution in [0.3, 0.4) is 0 Å². The van der Waals surface area contributed by atoms with Crippen LogP contribution in [-0.4, -0.2) is 9.97 Å². The first kappa shape index (κ1) is 12.4. The second-order valence-electron chi connectivity index (χ2n) is 4.28. The van der Waals surface area contributed by atoms with Crippen molar-refractivity contribution in [3.63, 3.8) is 0 Å². The summed E-state index contributed by atoms with van der Waals surface area (Å²) in [5.74, 6) is 0.853. The number of nitrogens with zero attached hydrogens (tertiary/aromatic N) is 2. The van der Waals surface area contributed by atoms with E-state index in [1.165, 1.54) is 5.56 Å². The number of hydrogen-bond donors (Lipinski definition) is 2. The van der Waals surface area contributed by atoms with Crippen molar-refractivity contribution in [3.8, 4) is 0 Å². The lowest BCUT2D eigenvalue weighted by Gasteiger charge is -2.15. The quantitative estimate of drug-likeness (QED) is 0.809. The molecule has 94 valence electrons. The first-order chi connectivity index (χ1) is 8.69. The third-order valence-electron chi connectivity index (χ3n) is 2.89. The molecule has 0 aliphatic rings. The van der Waals surface area contributed by atoms with Gasteiger partial charge in [-0.05, 0) is 31.0 Å². The van der Waals surface area contributed by atoms with Crippen molar-refractivity contribution in [1.29, 1.82) is 0 Å². The molecule has 18 heavy (non-hydrogen) atoms. The summed E-state index contributed by atoms with van der Waals surface area (Å²) in [7, 11) is 0. The Labute approximate surface area is 107 Å². The van der Waals surface area contributed by atoms with Crippen LogP contribution in [0.2, 0.25) is 0 Å². The van der Waals surface area contributed by atoms with Crippen molar-refractivity contribution in [2.45, 2.75) is 26.3 Å². The fourth-order valence-electron chi connectivity index (χ4n) is 1.76. The Morgan fingerprint density at radius 1 is 1.22 bits per heavy atom. The van der Waals surface area contributed by atoms with Crippen molar-refractivity contribution < 1.29 is 0 Å². The number of rotatable bonds is 4. The maximum Gasteiger partial charge on any atom is 0.130 e. The third-order valence-corrected chi connectivity index (χ3v) is 2.89. The fourth-order valence-corrected chi connectivity index (χ4v) is 1.76. The Bertz CT molecular complexity index is 507. The van der Waals surface area contributed by atoms with Gasteiger partial charge in [0.1, 0.15) is 12.1 Å². The average Bonchev–Trinajstić information content (AvgIpc) is 2.39. The molecule has 0 aliphatic carbocycles. The molecule has 0 spiro atoms. The highest BCUT2D eigenvalue weighted by Gasteiger charge is 2.06. The zero-order valence-corrected chi connectivity index (χ0v) is 10.7. The van der Waals surface area contributed by atoms with E-state index in [4.69, 9.17) is 5.73 Å². The molecular weight excluding hydrogens is 224 g/mol. The van der Waals surface area contributed by atoms with Gasteiger partial charge in [-0.2, -0.15) is 0 Å². The molecule has 0 saturated carbocycles.